The summed E-state index contributed by atoms with van der Waals surface area (Å²) in [5.74, 6) is 0. The van der Waals surface area contributed by atoms with E-state index in [-0.39, 0.29) is 0 Å². The topological polar surface area (TPSA) is 281 Å². The van der Waals surface area contributed by atoms with Crippen molar-refractivity contribution in [1.82, 2.24) is 19.9 Å². The van der Waals surface area contributed by atoms with Gasteiger partial charge in [0.15, 0.2) is 30.5 Å². The van der Waals surface area contributed by atoms with E-state index in [2.05, 4.69) is 30.2 Å². The molecule has 0 amide bonds. The second-order valence-corrected chi connectivity index (χ2v) is 27.1. The highest BCUT2D eigenvalue weighted by molar-refractivity contribution is 8.09. The zero-order valence-corrected chi connectivity index (χ0v) is 41.4. The zero-order chi connectivity index (χ0) is 50.8. The fourth-order valence-electron chi connectivity index (χ4n) is 7.74. The van der Waals surface area contributed by atoms with Gasteiger partial charge in [-0.25, -0.2) is 75.4 Å². The van der Waals surface area contributed by atoms with Gasteiger partial charge in [-0.05, 0) is 72.8 Å². The van der Waals surface area contributed by atoms with Crippen molar-refractivity contribution in [3.8, 4) is 0 Å². The molecule has 362 valence electrons. The first-order valence-electron chi connectivity index (χ1n) is 21.0. The van der Waals surface area contributed by atoms with Crippen LogP contribution in [0.15, 0.2) is 236 Å². The van der Waals surface area contributed by atoms with Crippen LogP contribution in [0.1, 0.15) is 0 Å². The maximum absolute atomic E-state index is 14.9. The summed E-state index contributed by atoms with van der Waals surface area (Å²) in [6, 6.07) is 39.3. The van der Waals surface area contributed by atoms with Crippen molar-refractivity contribution in [2.75, 3.05) is 5.32 Å². The molecule has 0 saturated carbocycles. The Hall–Kier alpha value is -7.61. The highest BCUT2D eigenvalue weighted by Gasteiger charge is 2.45. The molecule has 72 heavy (non-hydrogen) atoms. The van der Waals surface area contributed by atoms with Crippen molar-refractivity contribution in [2.45, 2.75) is 54.9 Å². The number of fused-ring (bicyclic) bond motifs is 6. The maximum Gasteiger partial charge on any atom is 0.226 e. The number of hydrogen-bond donors (Lipinski definition) is 1. The van der Waals surface area contributed by atoms with Crippen LogP contribution in [0.3, 0.4) is 0 Å². The maximum atomic E-state index is 14.9. The SMILES string of the molecule is O=S(=O)(C1=Nc2c(c3nc(S(=O)(=O)c4ccccc4)c(S(=O)(=O)c4ccccc4)nc3c3nc(S(=O)(=O)c4ccccc4)c(S(=O)(=O)c4ccccc4)nc23)NC1S(=O)(=O)c1ccccc1)c1ccccc1. The lowest BCUT2D eigenvalue weighted by Crippen LogP contribution is -2.43. The van der Waals surface area contributed by atoms with E-state index in [1.807, 2.05) is 0 Å². The summed E-state index contributed by atoms with van der Waals surface area (Å²) in [4.78, 5) is 19.5. The molecule has 1 aliphatic rings. The number of nitrogens with one attached hydrogen (secondary N) is 1. The van der Waals surface area contributed by atoms with Gasteiger partial charge in [0.05, 0.1) is 35.1 Å². The lowest BCUT2D eigenvalue weighted by atomic mass is 10.1. The molecular formula is C48H32N6O12S6. The molecule has 0 fully saturated rings. The van der Waals surface area contributed by atoms with Crippen LogP contribution in [0, 0.1) is 0 Å². The molecule has 9 aromatic rings. The number of hydrogen-bond acceptors (Lipinski definition) is 18. The van der Waals surface area contributed by atoms with Crippen LogP contribution < -0.4 is 5.32 Å². The summed E-state index contributed by atoms with van der Waals surface area (Å²) in [7, 11) is -30.2. The van der Waals surface area contributed by atoms with Crippen LogP contribution in [0.25, 0.3) is 22.1 Å². The van der Waals surface area contributed by atoms with Gasteiger partial charge in [0, 0.05) is 0 Å². The third kappa shape index (κ3) is 7.91. The van der Waals surface area contributed by atoms with Crippen molar-refractivity contribution in [2.24, 2.45) is 4.99 Å². The molecule has 1 aliphatic heterocycles. The zero-order valence-electron chi connectivity index (χ0n) is 36.5. The first-order valence-corrected chi connectivity index (χ1v) is 30.0. The largest absolute Gasteiger partial charge is 0.360 e. The molecule has 0 saturated heterocycles. The highest BCUT2D eigenvalue weighted by atomic mass is 32.2. The number of nitrogens with zero attached hydrogens (tertiary/aromatic N) is 5. The van der Waals surface area contributed by atoms with Crippen molar-refractivity contribution in [3.05, 3.63) is 182 Å². The molecule has 3 heterocycles. The Labute approximate surface area is 412 Å². The van der Waals surface area contributed by atoms with Gasteiger partial charge >= 0.3 is 0 Å². The van der Waals surface area contributed by atoms with Gasteiger partial charge in [-0.3, -0.25) is 0 Å². The molecular weight excluding hydrogens is 1040 g/mol. The Kier molecular flexibility index (Phi) is 11.7. The molecule has 0 spiro atoms. The molecule has 1 unspecified atom stereocenters. The molecule has 0 radical (unpaired) electrons. The summed E-state index contributed by atoms with van der Waals surface area (Å²) >= 11 is 0. The van der Waals surface area contributed by atoms with E-state index in [9.17, 15) is 50.5 Å². The van der Waals surface area contributed by atoms with E-state index in [0.29, 0.717) is 0 Å². The standard InChI is InChI=1S/C48H32N6O12S6/c55-67(56,31-19-7-1-8-20-31)43-44(68(57,58)32-21-9-2-10-22-32)50-38-37(49-43)39-41(53-46(70(61,62)34-25-13-4-14-26-34)45(51-39)69(59,60)33-23-11-3-12-24-33)42-40(38)52-47(71(63,64)35-27-15-5-16-28-35)48(54-42)72(65,66)36-29-17-6-18-30-36/h1-30,43,49H. The van der Waals surface area contributed by atoms with E-state index in [0.717, 1.165) is 48.5 Å². The minimum Gasteiger partial charge on any atom is -0.360 e. The Morgan fingerprint density at radius 1 is 0.306 bits per heavy atom. The third-order valence-corrected chi connectivity index (χ3v) is 22.1. The normalized spacial score (nSPS) is 14.6. The van der Waals surface area contributed by atoms with Crippen molar-refractivity contribution in [1.29, 1.82) is 0 Å². The molecule has 10 rings (SSSR count). The highest BCUT2D eigenvalue weighted by Crippen LogP contribution is 2.47. The number of rotatable bonds is 11. The molecule has 7 aromatic carbocycles. The third-order valence-electron chi connectivity index (χ3n) is 11.3. The van der Waals surface area contributed by atoms with E-state index in [1.165, 1.54) is 133 Å². The average Bonchev–Trinajstić information content (AvgIpc) is 3.41. The lowest BCUT2D eigenvalue weighted by Gasteiger charge is -2.28. The van der Waals surface area contributed by atoms with Crippen LogP contribution >= 0.6 is 0 Å². The van der Waals surface area contributed by atoms with E-state index in [4.69, 9.17) is 0 Å². The quantitative estimate of drug-likeness (QED) is 0.133. The smallest absolute Gasteiger partial charge is 0.226 e. The molecule has 0 bridgehead atoms. The summed E-state index contributed by atoms with van der Waals surface area (Å²) in [6.45, 7) is 0. The van der Waals surface area contributed by atoms with Gasteiger partial charge in [0.2, 0.25) is 59.0 Å². The predicted molar refractivity (Wildman–Crippen MR) is 262 cm³/mol. The van der Waals surface area contributed by atoms with Crippen molar-refractivity contribution in [3.63, 3.8) is 0 Å². The fraction of sp³-hybridized carbons (Fsp3) is 0.0208. The molecule has 24 heteroatoms. The van der Waals surface area contributed by atoms with Crippen molar-refractivity contribution < 1.29 is 50.5 Å². The van der Waals surface area contributed by atoms with Gasteiger partial charge in [0.1, 0.15) is 27.8 Å². The number of sulfone groups is 6. The van der Waals surface area contributed by atoms with Gasteiger partial charge in [-0.15, -0.1) is 0 Å². The Bertz CT molecular complexity index is 4410. The Balaban J connectivity index is 1.44. The van der Waals surface area contributed by atoms with Crippen LogP contribution in [0.5, 0.6) is 0 Å². The fourth-order valence-corrected chi connectivity index (χ4v) is 17.4. The van der Waals surface area contributed by atoms with Crippen LogP contribution in [0.2, 0.25) is 0 Å². The summed E-state index contributed by atoms with van der Waals surface area (Å²) in [5.41, 5.74) is -4.34. The summed E-state index contributed by atoms with van der Waals surface area (Å²) in [6.07, 6.45) is 0. The van der Waals surface area contributed by atoms with E-state index >= 15 is 0 Å². The summed E-state index contributed by atoms with van der Waals surface area (Å²) < 4.78 is 178. The monoisotopic (exact) mass is 1080 g/mol. The second kappa shape index (κ2) is 17.6. The number of benzene rings is 7. The van der Waals surface area contributed by atoms with Gasteiger partial charge in [-0.1, -0.05) is 109 Å². The minimum absolute atomic E-state index is 0.409. The molecule has 2 aromatic heterocycles. The minimum atomic E-state index is -5.06. The van der Waals surface area contributed by atoms with E-state index < -0.39 is 152 Å². The van der Waals surface area contributed by atoms with Gasteiger partial charge < -0.3 is 5.32 Å². The lowest BCUT2D eigenvalue weighted by molar-refractivity contribution is 0.573. The van der Waals surface area contributed by atoms with Crippen LogP contribution in [-0.4, -0.2) is 80.9 Å². The first-order chi connectivity index (χ1) is 34.3. The van der Waals surface area contributed by atoms with E-state index in [1.54, 1.807) is 0 Å². The molecule has 1 atom stereocenters. The van der Waals surface area contributed by atoms with Crippen LogP contribution in [0.4, 0.5) is 11.4 Å². The molecule has 18 nitrogen and oxygen atoms in total. The van der Waals surface area contributed by atoms with Crippen molar-refractivity contribution >= 4 is 97.5 Å². The van der Waals surface area contributed by atoms with Gasteiger partial charge in [0.25, 0.3) is 0 Å². The Morgan fingerprint density at radius 2 is 0.569 bits per heavy atom. The van der Waals surface area contributed by atoms with Gasteiger partial charge in [-0.2, -0.15) is 0 Å². The first kappa shape index (κ1) is 48.0. The molecule has 1 N–H and O–H groups in total. The predicted octanol–water partition coefficient (Wildman–Crippen LogP) is 6.63. The average molecular weight is 1080 g/mol. The Morgan fingerprint density at radius 3 is 0.903 bits per heavy atom. The number of aromatic nitrogens is 4. The molecule has 0 aliphatic carbocycles. The number of anilines is 1. The second-order valence-electron chi connectivity index (χ2n) is 15.7. The van der Waals surface area contributed by atoms with Crippen LogP contribution in [-0.2, 0) is 59.0 Å². The summed E-state index contributed by atoms with van der Waals surface area (Å²) in [5, 5.41) is -5.60. The number of aliphatic imine (C=N–C) groups is 1.